The maximum Gasteiger partial charge on any atom is 0.0931 e. The molecule has 2 rings (SSSR count). The molecule has 0 radical (unpaired) electrons. The SMILES string of the molecule is CC1CN(C(C)c2ccc(Cl)s2)CCN1. The van der Waals surface area contributed by atoms with E-state index in [9.17, 15) is 0 Å². The molecular weight excluding hydrogens is 228 g/mol. The lowest BCUT2D eigenvalue weighted by atomic mass is 10.1. The summed E-state index contributed by atoms with van der Waals surface area (Å²) in [5.41, 5.74) is 0. The average molecular weight is 245 g/mol. The topological polar surface area (TPSA) is 15.3 Å². The first kappa shape index (κ1) is 11.4. The molecule has 2 heterocycles. The van der Waals surface area contributed by atoms with Crippen LogP contribution >= 0.6 is 22.9 Å². The molecule has 0 saturated carbocycles. The number of thiophene rings is 1. The summed E-state index contributed by atoms with van der Waals surface area (Å²) in [5.74, 6) is 0. The van der Waals surface area contributed by atoms with E-state index in [1.165, 1.54) is 4.88 Å². The Morgan fingerprint density at radius 1 is 1.60 bits per heavy atom. The molecule has 1 aromatic heterocycles. The lowest BCUT2D eigenvalue weighted by Crippen LogP contribution is -2.49. The van der Waals surface area contributed by atoms with E-state index in [0.717, 1.165) is 24.0 Å². The minimum Gasteiger partial charge on any atom is -0.312 e. The van der Waals surface area contributed by atoms with E-state index in [2.05, 4.69) is 30.1 Å². The van der Waals surface area contributed by atoms with Gasteiger partial charge in [0.1, 0.15) is 0 Å². The minimum atomic E-state index is 0.493. The van der Waals surface area contributed by atoms with Gasteiger partial charge in [-0.05, 0) is 26.0 Å². The molecule has 2 nitrogen and oxygen atoms in total. The van der Waals surface area contributed by atoms with Gasteiger partial charge in [-0.2, -0.15) is 0 Å². The van der Waals surface area contributed by atoms with Crippen LogP contribution in [0.25, 0.3) is 0 Å². The number of nitrogens with one attached hydrogen (secondary N) is 1. The molecular formula is C11H17ClN2S. The van der Waals surface area contributed by atoms with Gasteiger partial charge in [-0.3, -0.25) is 4.90 Å². The Morgan fingerprint density at radius 3 is 3.00 bits per heavy atom. The second kappa shape index (κ2) is 4.83. The zero-order valence-corrected chi connectivity index (χ0v) is 10.7. The van der Waals surface area contributed by atoms with Gasteiger partial charge >= 0.3 is 0 Å². The highest BCUT2D eigenvalue weighted by molar-refractivity contribution is 7.16. The molecule has 15 heavy (non-hydrogen) atoms. The number of nitrogens with zero attached hydrogens (tertiary/aromatic N) is 1. The summed E-state index contributed by atoms with van der Waals surface area (Å²) < 4.78 is 0.889. The van der Waals surface area contributed by atoms with Crippen molar-refractivity contribution < 1.29 is 0 Å². The van der Waals surface area contributed by atoms with Crippen LogP contribution in [0.4, 0.5) is 0 Å². The lowest BCUT2D eigenvalue weighted by Gasteiger charge is -2.35. The van der Waals surface area contributed by atoms with E-state index in [0.29, 0.717) is 12.1 Å². The summed E-state index contributed by atoms with van der Waals surface area (Å²) in [5, 5.41) is 3.46. The summed E-state index contributed by atoms with van der Waals surface area (Å²) in [6.45, 7) is 7.84. The van der Waals surface area contributed by atoms with Gasteiger partial charge in [-0.1, -0.05) is 11.6 Å². The van der Waals surface area contributed by atoms with E-state index < -0.39 is 0 Å². The summed E-state index contributed by atoms with van der Waals surface area (Å²) in [6.07, 6.45) is 0. The molecule has 84 valence electrons. The van der Waals surface area contributed by atoms with Crippen molar-refractivity contribution in [1.82, 2.24) is 10.2 Å². The highest BCUT2D eigenvalue weighted by Crippen LogP contribution is 2.30. The Balaban J connectivity index is 2.03. The van der Waals surface area contributed by atoms with Crippen LogP contribution in [0.1, 0.15) is 24.8 Å². The number of hydrogen-bond acceptors (Lipinski definition) is 3. The summed E-state index contributed by atoms with van der Waals surface area (Å²) in [7, 11) is 0. The molecule has 0 spiro atoms. The Hall–Kier alpha value is -0.0900. The van der Waals surface area contributed by atoms with E-state index in [4.69, 9.17) is 11.6 Å². The molecule has 2 unspecified atom stereocenters. The van der Waals surface area contributed by atoms with Gasteiger partial charge < -0.3 is 5.32 Å². The third-order valence-corrected chi connectivity index (χ3v) is 4.36. The number of hydrogen-bond donors (Lipinski definition) is 1. The molecule has 1 saturated heterocycles. The Morgan fingerprint density at radius 2 is 2.40 bits per heavy atom. The van der Waals surface area contributed by atoms with Crippen molar-refractivity contribution in [3.8, 4) is 0 Å². The van der Waals surface area contributed by atoms with Gasteiger partial charge in [0.15, 0.2) is 0 Å². The van der Waals surface area contributed by atoms with E-state index >= 15 is 0 Å². The summed E-state index contributed by atoms with van der Waals surface area (Å²) >= 11 is 7.65. The standard InChI is InChI=1S/C11H17ClN2S/c1-8-7-14(6-5-13-8)9(2)10-3-4-11(12)15-10/h3-4,8-9,13H,5-7H2,1-2H3. The van der Waals surface area contributed by atoms with Crippen molar-refractivity contribution in [2.75, 3.05) is 19.6 Å². The predicted octanol–water partition coefficient (Wildman–Crippen LogP) is 2.76. The molecule has 0 aliphatic carbocycles. The zero-order chi connectivity index (χ0) is 10.8. The largest absolute Gasteiger partial charge is 0.312 e. The first-order chi connectivity index (χ1) is 7.16. The molecule has 1 fully saturated rings. The van der Waals surface area contributed by atoms with Crippen LogP contribution in [0.2, 0.25) is 4.34 Å². The van der Waals surface area contributed by atoms with Crippen LogP contribution in [-0.4, -0.2) is 30.6 Å². The fourth-order valence-corrected chi connectivity index (χ4v) is 3.19. The Labute approximate surface area is 100 Å². The molecule has 0 aromatic carbocycles. The van der Waals surface area contributed by atoms with Crippen LogP contribution < -0.4 is 5.32 Å². The molecule has 0 bridgehead atoms. The number of rotatable bonds is 2. The minimum absolute atomic E-state index is 0.493. The van der Waals surface area contributed by atoms with Crippen LogP contribution in [0.15, 0.2) is 12.1 Å². The zero-order valence-electron chi connectivity index (χ0n) is 9.16. The molecule has 1 aliphatic heterocycles. The number of halogens is 1. The van der Waals surface area contributed by atoms with Crippen molar-refractivity contribution in [2.24, 2.45) is 0 Å². The highest BCUT2D eigenvalue weighted by atomic mass is 35.5. The van der Waals surface area contributed by atoms with Crippen LogP contribution in [0.5, 0.6) is 0 Å². The highest BCUT2D eigenvalue weighted by Gasteiger charge is 2.22. The normalized spacial score (nSPS) is 25.4. The third kappa shape index (κ3) is 2.72. The quantitative estimate of drug-likeness (QED) is 0.861. The van der Waals surface area contributed by atoms with Gasteiger partial charge in [-0.15, -0.1) is 11.3 Å². The molecule has 4 heteroatoms. The van der Waals surface area contributed by atoms with Crippen LogP contribution in [0.3, 0.4) is 0 Å². The predicted molar refractivity (Wildman–Crippen MR) is 66.8 cm³/mol. The molecule has 0 amide bonds. The van der Waals surface area contributed by atoms with E-state index in [1.54, 1.807) is 11.3 Å². The fraction of sp³-hybridized carbons (Fsp3) is 0.636. The van der Waals surface area contributed by atoms with Gasteiger partial charge in [-0.25, -0.2) is 0 Å². The van der Waals surface area contributed by atoms with Crippen molar-refractivity contribution in [3.05, 3.63) is 21.3 Å². The fourth-order valence-electron chi connectivity index (χ4n) is 2.05. The Bertz CT molecular complexity index is 326. The summed E-state index contributed by atoms with van der Waals surface area (Å²) in [4.78, 5) is 3.89. The smallest absolute Gasteiger partial charge is 0.0931 e. The van der Waals surface area contributed by atoms with Gasteiger partial charge in [0.25, 0.3) is 0 Å². The van der Waals surface area contributed by atoms with Crippen molar-refractivity contribution in [2.45, 2.75) is 25.9 Å². The molecule has 1 N–H and O–H groups in total. The van der Waals surface area contributed by atoms with Crippen molar-refractivity contribution in [1.29, 1.82) is 0 Å². The monoisotopic (exact) mass is 244 g/mol. The van der Waals surface area contributed by atoms with Gasteiger partial charge in [0.05, 0.1) is 4.34 Å². The molecule has 1 aliphatic rings. The van der Waals surface area contributed by atoms with Crippen molar-refractivity contribution >= 4 is 22.9 Å². The average Bonchev–Trinajstić information content (AvgIpc) is 2.64. The lowest BCUT2D eigenvalue weighted by molar-refractivity contribution is 0.161. The second-order valence-corrected chi connectivity index (χ2v) is 5.91. The number of piperazine rings is 1. The van der Waals surface area contributed by atoms with E-state index in [-0.39, 0.29) is 0 Å². The van der Waals surface area contributed by atoms with E-state index in [1.807, 2.05) is 6.07 Å². The molecule has 2 atom stereocenters. The van der Waals surface area contributed by atoms with Crippen molar-refractivity contribution in [3.63, 3.8) is 0 Å². The third-order valence-electron chi connectivity index (χ3n) is 2.95. The first-order valence-corrected chi connectivity index (χ1v) is 6.59. The molecule has 1 aromatic rings. The Kier molecular flexibility index (Phi) is 3.67. The first-order valence-electron chi connectivity index (χ1n) is 5.39. The maximum atomic E-state index is 5.96. The van der Waals surface area contributed by atoms with Crippen LogP contribution in [0, 0.1) is 0 Å². The van der Waals surface area contributed by atoms with Gasteiger partial charge in [0.2, 0.25) is 0 Å². The van der Waals surface area contributed by atoms with Gasteiger partial charge in [0, 0.05) is 36.6 Å². The maximum absolute atomic E-state index is 5.96. The second-order valence-electron chi connectivity index (χ2n) is 4.17. The summed E-state index contributed by atoms with van der Waals surface area (Å²) in [6, 6.07) is 5.22. The van der Waals surface area contributed by atoms with Crippen LogP contribution in [-0.2, 0) is 0 Å².